The minimum atomic E-state index is -0.142. The average molecular weight is 316 g/mol. The zero-order valence-electron chi connectivity index (χ0n) is 14.3. The fourth-order valence-electron chi connectivity index (χ4n) is 6.08. The zero-order chi connectivity index (χ0) is 16.2. The van der Waals surface area contributed by atoms with E-state index in [1.54, 1.807) is 6.08 Å². The quantitative estimate of drug-likeness (QED) is 0.787. The summed E-state index contributed by atoms with van der Waals surface area (Å²) in [7, 11) is 0. The van der Waals surface area contributed by atoms with Crippen LogP contribution in [0.1, 0.15) is 65.2 Å². The summed E-state index contributed by atoms with van der Waals surface area (Å²) in [6, 6.07) is 0. The Labute approximate surface area is 138 Å². The van der Waals surface area contributed by atoms with Crippen LogP contribution in [0.3, 0.4) is 0 Å². The predicted octanol–water partition coefficient (Wildman–Crippen LogP) is 3.10. The van der Waals surface area contributed by atoms with Crippen molar-refractivity contribution in [2.24, 2.45) is 28.6 Å². The second kappa shape index (κ2) is 5.09. The summed E-state index contributed by atoms with van der Waals surface area (Å²) in [5, 5.41) is 0. The highest BCUT2D eigenvalue weighted by Gasteiger charge is 2.54. The Hall–Kier alpha value is -1.32. The van der Waals surface area contributed by atoms with Crippen molar-refractivity contribution in [3.63, 3.8) is 0 Å². The lowest BCUT2D eigenvalue weighted by Gasteiger charge is -2.55. The van der Waals surface area contributed by atoms with Gasteiger partial charge in [-0.3, -0.25) is 15.0 Å². The van der Waals surface area contributed by atoms with Crippen molar-refractivity contribution < 1.29 is 9.59 Å². The Bertz CT molecular complexity index is 541. The number of allylic oxidation sites excluding steroid dienone is 2. The van der Waals surface area contributed by atoms with Gasteiger partial charge < -0.3 is 5.43 Å². The first-order valence-corrected chi connectivity index (χ1v) is 9.13. The van der Waals surface area contributed by atoms with E-state index in [1.807, 2.05) is 0 Å². The van der Waals surface area contributed by atoms with Gasteiger partial charge in [-0.15, -0.1) is 0 Å². The van der Waals surface area contributed by atoms with Gasteiger partial charge in [-0.25, -0.2) is 0 Å². The number of hydrogen-bond acceptors (Lipinski definition) is 3. The standard InChI is InChI=1S/C19H28N2O2/c1-18(2)10-15(6-16(22)11-18)20-21-17(23)19-7-12-3-13(8-19)5-14(4-12)9-19/h6,12-14,20H,3-5,7-11H2,1-2H3,(H,21,23). The minimum absolute atomic E-state index is 0.0282. The van der Waals surface area contributed by atoms with Gasteiger partial charge >= 0.3 is 0 Å². The largest absolute Gasteiger partial charge is 0.303 e. The van der Waals surface area contributed by atoms with Crippen molar-refractivity contribution in [2.75, 3.05) is 0 Å². The van der Waals surface area contributed by atoms with Gasteiger partial charge in [0.05, 0.1) is 5.41 Å². The summed E-state index contributed by atoms with van der Waals surface area (Å²) in [6.45, 7) is 4.20. The lowest BCUT2D eigenvalue weighted by molar-refractivity contribution is -0.147. The summed E-state index contributed by atoms with van der Waals surface area (Å²) in [4.78, 5) is 24.7. The van der Waals surface area contributed by atoms with Crippen molar-refractivity contribution in [1.82, 2.24) is 10.9 Å². The minimum Gasteiger partial charge on any atom is -0.303 e. The van der Waals surface area contributed by atoms with Gasteiger partial charge in [0.25, 0.3) is 0 Å². The number of ketones is 1. The molecule has 5 rings (SSSR count). The molecule has 23 heavy (non-hydrogen) atoms. The molecule has 4 fully saturated rings. The normalized spacial score (nSPS) is 40.7. The number of hydrogen-bond donors (Lipinski definition) is 2. The lowest BCUT2D eigenvalue weighted by Crippen LogP contribution is -2.56. The van der Waals surface area contributed by atoms with E-state index in [4.69, 9.17) is 0 Å². The average Bonchev–Trinajstić information content (AvgIpc) is 2.41. The predicted molar refractivity (Wildman–Crippen MR) is 88.0 cm³/mol. The molecule has 0 radical (unpaired) electrons. The van der Waals surface area contributed by atoms with Gasteiger partial charge in [0.1, 0.15) is 0 Å². The van der Waals surface area contributed by atoms with Crippen LogP contribution >= 0.6 is 0 Å². The first kappa shape index (κ1) is 15.2. The third-order valence-electron chi connectivity index (χ3n) is 6.51. The molecule has 2 N–H and O–H groups in total. The summed E-state index contributed by atoms with van der Waals surface area (Å²) in [5.41, 5.74) is 6.71. The molecule has 0 unspecified atom stereocenters. The van der Waals surface area contributed by atoms with Crippen LogP contribution in [0.2, 0.25) is 0 Å². The number of hydrazine groups is 1. The van der Waals surface area contributed by atoms with Crippen molar-refractivity contribution >= 4 is 11.7 Å². The van der Waals surface area contributed by atoms with E-state index in [-0.39, 0.29) is 22.5 Å². The topological polar surface area (TPSA) is 58.2 Å². The smallest absolute Gasteiger partial charge is 0.244 e. The van der Waals surface area contributed by atoms with Crippen LogP contribution in [0, 0.1) is 28.6 Å². The van der Waals surface area contributed by atoms with Crippen LogP contribution < -0.4 is 10.9 Å². The third kappa shape index (κ3) is 2.81. The fraction of sp³-hybridized carbons (Fsp3) is 0.789. The maximum absolute atomic E-state index is 12.9. The monoisotopic (exact) mass is 316 g/mol. The second-order valence-electron chi connectivity index (χ2n) is 9.43. The Kier molecular flexibility index (Phi) is 3.37. The summed E-state index contributed by atoms with van der Waals surface area (Å²) in [6.07, 6.45) is 10.3. The van der Waals surface area contributed by atoms with Gasteiger partial charge in [-0.2, -0.15) is 0 Å². The van der Waals surface area contributed by atoms with Crippen molar-refractivity contribution in [1.29, 1.82) is 0 Å². The molecule has 0 aromatic rings. The van der Waals surface area contributed by atoms with Crippen LogP contribution in [0.5, 0.6) is 0 Å². The molecule has 5 aliphatic rings. The molecule has 0 heterocycles. The molecule has 0 aromatic heterocycles. The first-order valence-electron chi connectivity index (χ1n) is 9.13. The van der Waals surface area contributed by atoms with Gasteiger partial charge in [0, 0.05) is 18.2 Å². The Morgan fingerprint density at radius 2 is 1.61 bits per heavy atom. The summed E-state index contributed by atoms with van der Waals surface area (Å²) >= 11 is 0. The molecule has 4 nitrogen and oxygen atoms in total. The van der Waals surface area contributed by atoms with E-state index in [2.05, 4.69) is 24.7 Å². The molecule has 0 atom stereocenters. The van der Waals surface area contributed by atoms with Gasteiger partial charge in [-0.1, -0.05) is 13.8 Å². The van der Waals surface area contributed by atoms with Crippen LogP contribution in [-0.2, 0) is 9.59 Å². The summed E-state index contributed by atoms with van der Waals surface area (Å²) in [5.74, 6) is 2.60. The molecule has 0 saturated heterocycles. The maximum Gasteiger partial charge on any atom is 0.244 e. The van der Waals surface area contributed by atoms with E-state index in [9.17, 15) is 9.59 Å². The highest BCUT2D eigenvalue weighted by atomic mass is 16.2. The Balaban J connectivity index is 1.42. The second-order valence-corrected chi connectivity index (χ2v) is 9.43. The fourth-order valence-corrected chi connectivity index (χ4v) is 6.08. The van der Waals surface area contributed by atoms with Gasteiger partial charge in [-0.05, 0) is 68.1 Å². The molecular weight excluding hydrogens is 288 g/mol. The molecule has 0 aliphatic heterocycles. The van der Waals surface area contributed by atoms with E-state index in [0.717, 1.165) is 49.1 Å². The van der Waals surface area contributed by atoms with Crippen LogP contribution in [0.4, 0.5) is 0 Å². The molecular formula is C19H28N2O2. The molecule has 4 bridgehead atoms. The van der Waals surface area contributed by atoms with E-state index in [1.165, 1.54) is 19.3 Å². The lowest BCUT2D eigenvalue weighted by atomic mass is 9.49. The number of carbonyl (C=O) groups is 2. The number of rotatable bonds is 3. The number of nitrogens with one attached hydrogen (secondary N) is 2. The molecule has 1 amide bonds. The highest BCUT2D eigenvalue weighted by molar-refractivity contribution is 5.92. The van der Waals surface area contributed by atoms with Gasteiger partial charge in [0.2, 0.25) is 5.91 Å². The van der Waals surface area contributed by atoms with Crippen LogP contribution in [0.15, 0.2) is 11.8 Å². The van der Waals surface area contributed by atoms with Gasteiger partial charge in [0.15, 0.2) is 5.78 Å². The SMILES string of the molecule is CC1(C)CC(=O)C=C(NNC(=O)C23CC4CC(CC(C4)C2)C3)C1. The molecule has 5 aliphatic carbocycles. The third-order valence-corrected chi connectivity index (χ3v) is 6.51. The molecule has 4 saturated carbocycles. The number of carbonyl (C=O) groups excluding carboxylic acids is 2. The first-order chi connectivity index (χ1) is 10.8. The van der Waals surface area contributed by atoms with Crippen LogP contribution in [0.25, 0.3) is 0 Å². The van der Waals surface area contributed by atoms with Crippen molar-refractivity contribution in [3.05, 3.63) is 11.8 Å². The molecule has 4 heteroatoms. The van der Waals surface area contributed by atoms with E-state index in [0.29, 0.717) is 6.42 Å². The van der Waals surface area contributed by atoms with Crippen molar-refractivity contribution in [2.45, 2.75) is 65.2 Å². The molecule has 0 spiro atoms. The maximum atomic E-state index is 12.9. The van der Waals surface area contributed by atoms with E-state index >= 15 is 0 Å². The summed E-state index contributed by atoms with van der Waals surface area (Å²) < 4.78 is 0. The molecule has 126 valence electrons. The number of amides is 1. The van der Waals surface area contributed by atoms with Crippen molar-refractivity contribution in [3.8, 4) is 0 Å². The zero-order valence-corrected chi connectivity index (χ0v) is 14.3. The highest BCUT2D eigenvalue weighted by Crippen LogP contribution is 2.60. The molecule has 0 aromatic carbocycles. The van der Waals surface area contributed by atoms with Crippen LogP contribution in [-0.4, -0.2) is 11.7 Å². The van der Waals surface area contributed by atoms with E-state index < -0.39 is 0 Å². The Morgan fingerprint density at radius 3 is 2.13 bits per heavy atom. The Morgan fingerprint density at radius 1 is 1.04 bits per heavy atom.